The molecule has 1 unspecified atom stereocenters. The lowest BCUT2D eigenvalue weighted by atomic mass is 10.1. The standard InChI is InChI=1S/C15H13F2NO5/c1-22-14-5-3-10(18(20)21)7-15(14)23-8-13(19)9-2-4-11(16)12(17)6-9/h2-7,13,19H,8H2,1H3. The highest BCUT2D eigenvalue weighted by atomic mass is 19.2. The van der Waals surface area contributed by atoms with Crippen LogP contribution in [-0.4, -0.2) is 23.7 Å². The summed E-state index contributed by atoms with van der Waals surface area (Å²) in [5, 5.41) is 20.7. The van der Waals surface area contributed by atoms with E-state index in [0.29, 0.717) is 0 Å². The van der Waals surface area contributed by atoms with E-state index in [-0.39, 0.29) is 29.4 Å². The van der Waals surface area contributed by atoms with E-state index in [1.807, 2.05) is 0 Å². The molecule has 2 aromatic carbocycles. The highest BCUT2D eigenvalue weighted by molar-refractivity contribution is 5.48. The molecular weight excluding hydrogens is 312 g/mol. The molecule has 0 aromatic heterocycles. The number of non-ortho nitro benzene ring substituents is 1. The molecule has 0 aliphatic heterocycles. The van der Waals surface area contributed by atoms with Gasteiger partial charge in [0.1, 0.15) is 12.7 Å². The fourth-order valence-electron chi connectivity index (χ4n) is 1.88. The summed E-state index contributed by atoms with van der Waals surface area (Å²) in [4.78, 5) is 10.2. The minimum atomic E-state index is -1.24. The number of rotatable bonds is 6. The van der Waals surface area contributed by atoms with Crippen LogP contribution in [-0.2, 0) is 0 Å². The third kappa shape index (κ3) is 3.92. The van der Waals surface area contributed by atoms with Crippen molar-refractivity contribution in [3.63, 3.8) is 0 Å². The first-order chi connectivity index (χ1) is 10.9. The second-order valence-electron chi connectivity index (χ2n) is 4.59. The highest BCUT2D eigenvalue weighted by Gasteiger charge is 2.16. The molecule has 0 amide bonds. The van der Waals surface area contributed by atoms with E-state index in [0.717, 1.165) is 18.2 Å². The Balaban J connectivity index is 2.14. The van der Waals surface area contributed by atoms with Gasteiger partial charge in [-0.1, -0.05) is 6.07 Å². The second kappa shape index (κ2) is 7.01. The summed E-state index contributed by atoms with van der Waals surface area (Å²) in [6.07, 6.45) is -1.24. The third-order valence-corrected chi connectivity index (χ3v) is 3.08. The van der Waals surface area contributed by atoms with Gasteiger partial charge >= 0.3 is 0 Å². The van der Waals surface area contributed by atoms with Crippen molar-refractivity contribution >= 4 is 5.69 Å². The van der Waals surface area contributed by atoms with Crippen LogP contribution in [0.3, 0.4) is 0 Å². The van der Waals surface area contributed by atoms with Crippen molar-refractivity contribution in [2.45, 2.75) is 6.10 Å². The number of nitro benzene ring substituents is 1. The quantitative estimate of drug-likeness (QED) is 0.652. The fourth-order valence-corrected chi connectivity index (χ4v) is 1.88. The maximum absolute atomic E-state index is 13.1. The van der Waals surface area contributed by atoms with E-state index in [1.54, 1.807) is 0 Å². The second-order valence-corrected chi connectivity index (χ2v) is 4.59. The summed E-state index contributed by atoms with van der Waals surface area (Å²) in [7, 11) is 1.36. The molecule has 23 heavy (non-hydrogen) atoms. The van der Waals surface area contributed by atoms with Crippen LogP contribution in [0.15, 0.2) is 36.4 Å². The van der Waals surface area contributed by atoms with Crippen LogP contribution in [0, 0.1) is 21.7 Å². The Kier molecular flexibility index (Phi) is 5.07. The smallest absolute Gasteiger partial charge is 0.273 e. The van der Waals surface area contributed by atoms with Crippen molar-refractivity contribution in [3.8, 4) is 11.5 Å². The zero-order chi connectivity index (χ0) is 17.0. The Bertz CT molecular complexity index is 723. The summed E-state index contributed by atoms with van der Waals surface area (Å²) in [6, 6.07) is 6.72. The Morgan fingerprint density at radius 2 is 1.91 bits per heavy atom. The molecule has 2 rings (SSSR count). The van der Waals surface area contributed by atoms with E-state index < -0.39 is 22.7 Å². The summed E-state index contributed by atoms with van der Waals surface area (Å²) in [6.45, 7) is -0.317. The van der Waals surface area contributed by atoms with E-state index in [2.05, 4.69) is 0 Å². The van der Waals surface area contributed by atoms with Crippen LogP contribution in [0.5, 0.6) is 11.5 Å². The topological polar surface area (TPSA) is 81.8 Å². The first kappa shape index (κ1) is 16.6. The first-order valence-electron chi connectivity index (χ1n) is 6.50. The van der Waals surface area contributed by atoms with Crippen molar-refractivity contribution in [2.75, 3.05) is 13.7 Å². The summed E-state index contributed by atoms with van der Waals surface area (Å²) in [5.41, 5.74) is -0.0867. The van der Waals surface area contributed by atoms with E-state index in [9.17, 15) is 24.0 Å². The van der Waals surface area contributed by atoms with E-state index in [1.165, 1.54) is 25.3 Å². The highest BCUT2D eigenvalue weighted by Crippen LogP contribution is 2.32. The van der Waals surface area contributed by atoms with E-state index in [4.69, 9.17) is 9.47 Å². The van der Waals surface area contributed by atoms with Crippen molar-refractivity contribution in [1.29, 1.82) is 0 Å². The third-order valence-electron chi connectivity index (χ3n) is 3.08. The average Bonchev–Trinajstić information content (AvgIpc) is 2.54. The molecule has 2 aromatic rings. The number of nitrogens with zero attached hydrogens (tertiary/aromatic N) is 1. The number of hydrogen-bond donors (Lipinski definition) is 1. The Morgan fingerprint density at radius 3 is 2.52 bits per heavy atom. The lowest BCUT2D eigenvalue weighted by Crippen LogP contribution is -2.11. The van der Waals surface area contributed by atoms with Crippen LogP contribution in [0.1, 0.15) is 11.7 Å². The zero-order valence-electron chi connectivity index (χ0n) is 12.0. The van der Waals surface area contributed by atoms with Gasteiger partial charge in [0, 0.05) is 6.07 Å². The van der Waals surface area contributed by atoms with Gasteiger partial charge in [-0.05, 0) is 23.8 Å². The van der Waals surface area contributed by atoms with Gasteiger partial charge in [-0.25, -0.2) is 8.78 Å². The van der Waals surface area contributed by atoms with Gasteiger partial charge in [0.25, 0.3) is 5.69 Å². The minimum Gasteiger partial charge on any atom is -0.493 e. The molecule has 0 heterocycles. The van der Waals surface area contributed by atoms with Crippen LogP contribution >= 0.6 is 0 Å². The number of aliphatic hydroxyl groups is 1. The minimum absolute atomic E-state index is 0.0586. The number of hydrogen-bond acceptors (Lipinski definition) is 5. The van der Waals surface area contributed by atoms with Gasteiger partial charge < -0.3 is 14.6 Å². The van der Waals surface area contributed by atoms with Gasteiger partial charge in [0.2, 0.25) is 0 Å². The summed E-state index contributed by atoms with van der Waals surface area (Å²) >= 11 is 0. The molecule has 0 aliphatic carbocycles. The maximum Gasteiger partial charge on any atom is 0.273 e. The number of ether oxygens (including phenoxy) is 2. The maximum atomic E-state index is 13.1. The molecule has 0 saturated heterocycles. The molecule has 0 saturated carbocycles. The van der Waals surface area contributed by atoms with Gasteiger partial charge in [-0.15, -0.1) is 0 Å². The van der Waals surface area contributed by atoms with Crippen LogP contribution in [0.4, 0.5) is 14.5 Å². The Hall–Kier alpha value is -2.74. The van der Waals surface area contributed by atoms with Gasteiger partial charge in [0.05, 0.1) is 18.1 Å². The van der Waals surface area contributed by atoms with Crippen molar-refractivity contribution in [1.82, 2.24) is 0 Å². The molecule has 0 aliphatic rings. The molecule has 8 heteroatoms. The molecule has 6 nitrogen and oxygen atoms in total. The average molecular weight is 325 g/mol. The summed E-state index contributed by atoms with van der Waals surface area (Å²) in [5.74, 6) is -1.81. The molecule has 0 radical (unpaired) electrons. The number of nitro groups is 1. The summed E-state index contributed by atoms with van der Waals surface area (Å²) < 4.78 is 36.3. The number of benzene rings is 2. The van der Waals surface area contributed by atoms with Crippen LogP contribution in [0.2, 0.25) is 0 Å². The monoisotopic (exact) mass is 325 g/mol. The van der Waals surface area contributed by atoms with Crippen LogP contribution in [0.25, 0.3) is 0 Å². The van der Waals surface area contributed by atoms with E-state index >= 15 is 0 Å². The lowest BCUT2D eigenvalue weighted by Gasteiger charge is -2.14. The molecule has 0 spiro atoms. The van der Waals surface area contributed by atoms with Crippen LogP contribution < -0.4 is 9.47 Å². The predicted octanol–water partition coefficient (Wildman–Crippen LogP) is 2.99. The Morgan fingerprint density at radius 1 is 1.17 bits per heavy atom. The SMILES string of the molecule is COc1ccc([N+](=O)[O-])cc1OCC(O)c1ccc(F)c(F)c1. The molecule has 1 atom stereocenters. The zero-order valence-corrected chi connectivity index (χ0v) is 12.0. The molecular formula is C15H13F2NO5. The molecule has 0 bridgehead atoms. The lowest BCUT2D eigenvalue weighted by molar-refractivity contribution is -0.385. The van der Waals surface area contributed by atoms with Crippen molar-refractivity contribution in [3.05, 3.63) is 63.7 Å². The number of halogens is 2. The molecule has 122 valence electrons. The van der Waals surface area contributed by atoms with Crippen molar-refractivity contribution < 1.29 is 28.3 Å². The van der Waals surface area contributed by atoms with Crippen molar-refractivity contribution in [2.24, 2.45) is 0 Å². The normalized spacial score (nSPS) is 11.8. The van der Waals surface area contributed by atoms with Gasteiger partial charge in [-0.2, -0.15) is 0 Å². The molecule has 1 N–H and O–H groups in total. The van der Waals surface area contributed by atoms with Gasteiger partial charge in [-0.3, -0.25) is 10.1 Å². The Labute approximate surface area is 130 Å². The number of methoxy groups -OCH3 is 1. The largest absolute Gasteiger partial charge is 0.493 e. The van der Waals surface area contributed by atoms with Gasteiger partial charge in [0.15, 0.2) is 23.1 Å². The first-order valence-corrected chi connectivity index (χ1v) is 6.50. The predicted molar refractivity (Wildman–Crippen MR) is 76.5 cm³/mol. The molecule has 0 fully saturated rings. The fraction of sp³-hybridized carbons (Fsp3) is 0.200. The number of aliphatic hydroxyl groups excluding tert-OH is 1.